The molecule has 0 spiro atoms. The van der Waals surface area contributed by atoms with Gasteiger partial charge in [-0.3, -0.25) is 10.2 Å². The molecule has 0 saturated heterocycles. The molecule has 0 aliphatic carbocycles. The van der Waals surface area contributed by atoms with Gasteiger partial charge in [-0.2, -0.15) is 0 Å². The summed E-state index contributed by atoms with van der Waals surface area (Å²) in [7, 11) is 0. The van der Waals surface area contributed by atoms with Crippen molar-refractivity contribution in [3.8, 4) is 11.5 Å². The molecule has 0 heterocycles. The van der Waals surface area contributed by atoms with Crippen molar-refractivity contribution in [2.24, 2.45) is 10.3 Å². The van der Waals surface area contributed by atoms with Gasteiger partial charge in [-0.25, -0.2) is 4.79 Å². The molecule has 182 valence electrons. The van der Waals surface area contributed by atoms with E-state index in [1.807, 2.05) is 32.0 Å². The highest BCUT2D eigenvalue weighted by atomic mass is 19.4. The van der Waals surface area contributed by atoms with Gasteiger partial charge in [0, 0.05) is 5.69 Å². The van der Waals surface area contributed by atoms with Gasteiger partial charge in [0.15, 0.2) is 5.75 Å². The molecule has 0 radical (unpaired) electrons. The fourth-order valence-electron chi connectivity index (χ4n) is 2.96. The molecule has 0 aliphatic rings. The number of para-hydroxylation sites is 1. The molecule has 0 atom stereocenters. The van der Waals surface area contributed by atoms with Crippen LogP contribution in [0.3, 0.4) is 0 Å². The smallest absolute Gasteiger partial charge is 0.406 e. The molecule has 3 aromatic rings. The lowest BCUT2D eigenvalue weighted by Gasteiger charge is -2.09. The van der Waals surface area contributed by atoms with Gasteiger partial charge in [-0.1, -0.05) is 28.5 Å². The van der Waals surface area contributed by atoms with Crippen molar-refractivity contribution in [1.29, 1.82) is 0 Å². The van der Waals surface area contributed by atoms with Gasteiger partial charge in [-0.05, 0) is 91.6 Å². The van der Waals surface area contributed by atoms with Crippen LogP contribution in [-0.2, 0) is 4.84 Å². The molecule has 10 heteroatoms. The maximum Gasteiger partial charge on any atom is 0.573 e. The quantitative estimate of drug-likeness (QED) is 0.233. The van der Waals surface area contributed by atoms with Gasteiger partial charge in [0.2, 0.25) is 0 Å². The summed E-state index contributed by atoms with van der Waals surface area (Å²) >= 11 is 0. The molecule has 0 saturated carbocycles. The SMILES string of the molecule is CC(=NOc1ccc(C=NOC(=O)Nc2c(C)cccc2C)cc1)c1ccc(OC(F)(F)F)cc1. The second kappa shape index (κ2) is 11.2. The summed E-state index contributed by atoms with van der Waals surface area (Å²) in [5, 5.41) is 10.3. The highest BCUT2D eigenvalue weighted by Gasteiger charge is 2.30. The van der Waals surface area contributed by atoms with Crippen LogP contribution in [0, 0.1) is 13.8 Å². The first kappa shape index (κ1) is 25.3. The summed E-state index contributed by atoms with van der Waals surface area (Å²) in [6.45, 7) is 5.41. The summed E-state index contributed by atoms with van der Waals surface area (Å²) in [6, 6.07) is 17.6. The molecule has 0 fully saturated rings. The predicted molar refractivity (Wildman–Crippen MR) is 126 cm³/mol. The van der Waals surface area contributed by atoms with Crippen molar-refractivity contribution in [1.82, 2.24) is 0 Å². The van der Waals surface area contributed by atoms with E-state index in [-0.39, 0.29) is 5.75 Å². The molecule has 0 unspecified atom stereocenters. The molecule has 0 aliphatic heterocycles. The summed E-state index contributed by atoms with van der Waals surface area (Å²) in [5.74, 6) is 0.103. The third-order valence-corrected chi connectivity index (χ3v) is 4.72. The van der Waals surface area contributed by atoms with Gasteiger partial charge in [0.1, 0.15) is 5.75 Å². The van der Waals surface area contributed by atoms with E-state index in [1.54, 1.807) is 31.2 Å². The molecule has 1 amide bonds. The number of alkyl halides is 3. The predicted octanol–water partition coefficient (Wildman–Crippen LogP) is 6.59. The Morgan fingerprint density at radius 2 is 1.51 bits per heavy atom. The lowest BCUT2D eigenvalue weighted by atomic mass is 10.1. The van der Waals surface area contributed by atoms with Crippen LogP contribution in [0.5, 0.6) is 11.5 Å². The topological polar surface area (TPSA) is 81.5 Å². The van der Waals surface area contributed by atoms with E-state index < -0.39 is 12.5 Å². The number of carbonyl (C=O) groups excluding carboxylic acids is 1. The fourth-order valence-corrected chi connectivity index (χ4v) is 2.96. The van der Waals surface area contributed by atoms with Crippen LogP contribution in [0.1, 0.15) is 29.2 Å². The lowest BCUT2D eigenvalue weighted by molar-refractivity contribution is -0.274. The number of nitrogens with zero attached hydrogens (tertiary/aromatic N) is 2. The van der Waals surface area contributed by atoms with E-state index >= 15 is 0 Å². The van der Waals surface area contributed by atoms with Crippen LogP contribution in [0.25, 0.3) is 0 Å². The Kier molecular flexibility index (Phi) is 8.08. The Balaban J connectivity index is 1.51. The molecule has 3 aromatic carbocycles. The number of amides is 1. The van der Waals surface area contributed by atoms with E-state index in [0.29, 0.717) is 28.3 Å². The van der Waals surface area contributed by atoms with Crippen LogP contribution in [0.4, 0.5) is 23.7 Å². The van der Waals surface area contributed by atoms with Crippen LogP contribution in [-0.4, -0.2) is 24.4 Å². The number of halogens is 3. The van der Waals surface area contributed by atoms with E-state index in [4.69, 9.17) is 9.68 Å². The largest absolute Gasteiger partial charge is 0.573 e. The van der Waals surface area contributed by atoms with Crippen molar-refractivity contribution in [2.75, 3.05) is 5.32 Å². The number of aryl methyl sites for hydroxylation is 2. The Labute approximate surface area is 199 Å². The Morgan fingerprint density at radius 1 is 0.914 bits per heavy atom. The van der Waals surface area contributed by atoms with Crippen molar-refractivity contribution in [3.05, 3.63) is 89.0 Å². The highest BCUT2D eigenvalue weighted by molar-refractivity contribution is 5.98. The molecule has 0 bridgehead atoms. The van der Waals surface area contributed by atoms with Crippen molar-refractivity contribution in [2.45, 2.75) is 27.1 Å². The first-order chi connectivity index (χ1) is 16.6. The van der Waals surface area contributed by atoms with Gasteiger partial charge in [-0.15, -0.1) is 13.2 Å². The van der Waals surface area contributed by atoms with Crippen LogP contribution >= 0.6 is 0 Å². The standard InChI is InChI=1S/C25H22F3N3O4/c1-16-5-4-6-17(2)23(16)30-24(32)35-29-15-19-7-11-22(12-8-19)34-31-18(3)20-9-13-21(14-10-20)33-25(26,27)28/h4-15H,1-3H3,(H,30,32). The molecular weight excluding hydrogens is 463 g/mol. The van der Waals surface area contributed by atoms with Crippen molar-refractivity contribution in [3.63, 3.8) is 0 Å². The van der Waals surface area contributed by atoms with E-state index in [2.05, 4.69) is 20.4 Å². The number of hydrogen-bond acceptors (Lipinski definition) is 6. The van der Waals surface area contributed by atoms with E-state index in [0.717, 1.165) is 11.1 Å². The number of carbonyl (C=O) groups is 1. The number of hydrogen-bond donors (Lipinski definition) is 1. The second-order valence-electron chi connectivity index (χ2n) is 7.41. The van der Waals surface area contributed by atoms with Gasteiger partial charge < -0.3 is 9.57 Å². The number of anilines is 1. The highest BCUT2D eigenvalue weighted by Crippen LogP contribution is 2.23. The summed E-state index contributed by atoms with van der Waals surface area (Å²) < 4.78 is 40.6. The molecule has 1 N–H and O–H groups in total. The third kappa shape index (κ3) is 7.88. The number of benzene rings is 3. The Morgan fingerprint density at radius 3 is 2.11 bits per heavy atom. The zero-order chi connectivity index (χ0) is 25.4. The second-order valence-corrected chi connectivity index (χ2v) is 7.41. The molecular formula is C25H22F3N3O4. The van der Waals surface area contributed by atoms with Crippen LogP contribution in [0.2, 0.25) is 0 Å². The number of rotatable bonds is 7. The van der Waals surface area contributed by atoms with Crippen molar-refractivity contribution < 1.29 is 32.4 Å². The average molecular weight is 485 g/mol. The maximum absolute atomic E-state index is 12.2. The Bertz CT molecular complexity index is 1200. The van der Waals surface area contributed by atoms with E-state index in [1.165, 1.54) is 30.5 Å². The van der Waals surface area contributed by atoms with Gasteiger partial charge in [0.25, 0.3) is 0 Å². The van der Waals surface area contributed by atoms with Crippen LogP contribution in [0.15, 0.2) is 77.0 Å². The first-order valence-corrected chi connectivity index (χ1v) is 10.4. The zero-order valence-corrected chi connectivity index (χ0v) is 19.1. The summed E-state index contributed by atoms with van der Waals surface area (Å²) in [4.78, 5) is 22.2. The maximum atomic E-state index is 12.2. The number of ether oxygens (including phenoxy) is 1. The zero-order valence-electron chi connectivity index (χ0n) is 19.1. The molecule has 0 aromatic heterocycles. The monoisotopic (exact) mass is 485 g/mol. The fraction of sp³-hybridized carbons (Fsp3) is 0.160. The number of oxime groups is 2. The molecule has 7 nitrogen and oxygen atoms in total. The molecule has 35 heavy (non-hydrogen) atoms. The van der Waals surface area contributed by atoms with Gasteiger partial charge >= 0.3 is 12.5 Å². The first-order valence-electron chi connectivity index (χ1n) is 10.4. The van der Waals surface area contributed by atoms with E-state index in [9.17, 15) is 18.0 Å². The minimum Gasteiger partial charge on any atom is -0.406 e. The normalized spacial score (nSPS) is 11.9. The summed E-state index contributed by atoms with van der Waals surface area (Å²) in [5.41, 5.74) is 4.17. The summed E-state index contributed by atoms with van der Waals surface area (Å²) in [6.07, 6.45) is -4.09. The minimum absolute atomic E-state index is 0.320. The lowest BCUT2D eigenvalue weighted by Crippen LogP contribution is -2.17. The number of nitrogens with one attached hydrogen (secondary N) is 1. The van der Waals surface area contributed by atoms with Crippen molar-refractivity contribution >= 4 is 23.7 Å². The molecule has 3 rings (SSSR count). The van der Waals surface area contributed by atoms with Crippen LogP contribution < -0.4 is 14.9 Å². The average Bonchev–Trinajstić information content (AvgIpc) is 2.80. The Hall–Kier alpha value is -4.34. The third-order valence-electron chi connectivity index (χ3n) is 4.72. The minimum atomic E-state index is -4.75. The van der Waals surface area contributed by atoms with Gasteiger partial charge in [0.05, 0.1) is 11.9 Å².